The third kappa shape index (κ3) is 4.67. The fourth-order valence-corrected chi connectivity index (χ4v) is 3.17. The lowest BCUT2D eigenvalue weighted by molar-refractivity contribution is 0.197. The fraction of sp³-hybridized carbons (Fsp3) is 0.571. The van der Waals surface area contributed by atoms with Crippen LogP contribution in [0.15, 0.2) is 16.6 Å². The Kier molecular flexibility index (Phi) is 6.49. The second-order valence-corrected chi connectivity index (χ2v) is 13.0. The van der Waals surface area contributed by atoms with E-state index in [0.29, 0.717) is 21.3 Å². The molecule has 0 saturated heterocycles. The molecule has 0 aliphatic rings. The van der Waals surface area contributed by atoms with E-state index in [1.54, 1.807) is 12.1 Å². The molecule has 2 nitrogen and oxygen atoms in total. The monoisotopic (exact) mass is 474 g/mol. The highest BCUT2D eigenvalue weighted by Crippen LogP contribution is 2.36. The van der Waals surface area contributed by atoms with Crippen LogP contribution >= 0.6 is 38.5 Å². The molecular weight excluding hydrogens is 454 g/mol. The maximum atomic E-state index is 13.9. The molecule has 114 valence electrons. The average Bonchev–Trinajstić information content (AvgIpc) is 2.31. The van der Waals surface area contributed by atoms with Gasteiger partial charge in [0.05, 0.1) is 14.6 Å². The van der Waals surface area contributed by atoms with Gasteiger partial charge in [-0.1, -0.05) is 20.8 Å². The highest BCUT2D eigenvalue weighted by molar-refractivity contribution is 14.1. The van der Waals surface area contributed by atoms with E-state index >= 15 is 0 Å². The molecule has 0 heterocycles. The molecule has 0 aliphatic carbocycles. The van der Waals surface area contributed by atoms with Gasteiger partial charge in [0, 0.05) is 0 Å². The molecule has 0 amide bonds. The van der Waals surface area contributed by atoms with E-state index in [1.807, 2.05) is 22.6 Å². The van der Waals surface area contributed by atoms with Gasteiger partial charge < -0.3 is 9.16 Å². The standard InChI is InChI=1S/C14H21BrFIO2Si/c1-14(2,3)20(4,5)19-9-8-18-13-10(15)6-7-11(17)12(13)16/h6-7H,8-9H2,1-5H3. The number of benzene rings is 1. The van der Waals surface area contributed by atoms with Crippen molar-refractivity contribution < 1.29 is 13.6 Å². The summed E-state index contributed by atoms with van der Waals surface area (Å²) in [6.07, 6.45) is 0. The van der Waals surface area contributed by atoms with Crippen LogP contribution in [-0.2, 0) is 4.43 Å². The molecule has 0 bridgehead atoms. The lowest BCUT2D eigenvalue weighted by atomic mass is 10.2. The maximum Gasteiger partial charge on any atom is 0.192 e. The van der Waals surface area contributed by atoms with Crippen molar-refractivity contribution in [1.82, 2.24) is 0 Å². The Morgan fingerprint density at radius 3 is 2.40 bits per heavy atom. The van der Waals surface area contributed by atoms with Crippen LogP contribution in [0.4, 0.5) is 4.39 Å². The van der Waals surface area contributed by atoms with Crippen molar-refractivity contribution in [3.8, 4) is 5.75 Å². The van der Waals surface area contributed by atoms with Gasteiger partial charge in [-0.05, 0) is 68.8 Å². The first-order chi connectivity index (χ1) is 9.06. The molecule has 1 aromatic carbocycles. The molecule has 0 unspecified atom stereocenters. The summed E-state index contributed by atoms with van der Waals surface area (Å²) in [5.74, 6) is -0.0666. The Morgan fingerprint density at radius 2 is 1.85 bits per heavy atom. The SMILES string of the molecule is CC(C)(C)[Si](C)(C)OCCOc1c(Br)ccc(I)c1F. The van der Waals surface area contributed by atoms with Gasteiger partial charge in [0.25, 0.3) is 0 Å². The van der Waals surface area contributed by atoms with Crippen LogP contribution in [0, 0.1) is 9.39 Å². The van der Waals surface area contributed by atoms with Crippen molar-refractivity contribution in [3.05, 3.63) is 26.0 Å². The highest BCUT2D eigenvalue weighted by atomic mass is 127. The molecule has 6 heteroatoms. The van der Waals surface area contributed by atoms with Crippen molar-refractivity contribution in [2.75, 3.05) is 13.2 Å². The normalized spacial score (nSPS) is 12.6. The molecule has 0 saturated carbocycles. The largest absolute Gasteiger partial charge is 0.487 e. The molecule has 1 rings (SSSR count). The van der Waals surface area contributed by atoms with Gasteiger partial charge in [0.1, 0.15) is 6.61 Å². The molecule has 0 aliphatic heterocycles. The lowest BCUT2D eigenvalue weighted by Gasteiger charge is -2.36. The van der Waals surface area contributed by atoms with Gasteiger partial charge in [-0.25, -0.2) is 4.39 Å². The lowest BCUT2D eigenvalue weighted by Crippen LogP contribution is -2.41. The van der Waals surface area contributed by atoms with Crippen molar-refractivity contribution in [1.29, 1.82) is 0 Å². The quantitative estimate of drug-likeness (QED) is 0.239. The molecule has 0 N–H and O–H groups in total. The molecule has 0 spiro atoms. The summed E-state index contributed by atoms with van der Waals surface area (Å²) in [6, 6.07) is 3.49. The highest BCUT2D eigenvalue weighted by Gasteiger charge is 2.36. The summed E-state index contributed by atoms with van der Waals surface area (Å²) in [6.45, 7) is 11.8. The predicted molar refractivity (Wildman–Crippen MR) is 95.5 cm³/mol. The number of ether oxygens (including phenoxy) is 1. The van der Waals surface area contributed by atoms with Gasteiger partial charge in [-0.15, -0.1) is 0 Å². The van der Waals surface area contributed by atoms with Crippen LogP contribution in [-0.4, -0.2) is 21.5 Å². The predicted octanol–water partition coefficient (Wildman–Crippen LogP) is 5.59. The molecule has 0 fully saturated rings. The van der Waals surface area contributed by atoms with Crippen molar-refractivity contribution >= 4 is 46.8 Å². The number of halogens is 3. The smallest absolute Gasteiger partial charge is 0.192 e. The summed E-state index contributed by atoms with van der Waals surface area (Å²) in [5.41, 5.74) is 0. The molecule has 0 atom stereocenters. The number of rotatable bonds is 5. The topological polar surface area (TPSA) is 18.5 Å². The summed E-state index contributed by atoms with van der Waals surface area (Å²) < 4.78 is 26.6. The zero-order valence-electron chi connectivity index (χ0n) is 12.5. The third-order valence-electron chi connectivity index (χ3n) is 3.60. The molecule has 1 aromatic rings. The van der Waals surface area contributed by atoms with E-state index in [2.05, 4.69) is 49.8 Å². The minimum Gasteiger partial charge on any atom is -0.487 e. The van der Waals surface area contributed by atoms with Crippen LogP contribution in [0.5, 0.6) is 5.75 Å². The zero-order valence-corrected chi connectivity index (χ0v) is 17.3. The first-order valence-electron chi connectivity index (χ1n) is 6.46. The van der Waals surface area contributed by atoms with Gasteiger partial charge in [0.15, 0.2) is 19.9 Å². The summed E-state index contributed by atoms with van der Waals surface area (Å²) in [5, 5.41) is 0.168. The summed E-state index contributed by atoms with van der Waals surface area (Å²) in [7, 11) is -1.77. The van der Waals surface area contributed by atoms with E-state index in [-0.39, 0.29) is 16.6 Å². The molecule has 0 radical (unpaired) electrons. The molecular formula is C14H21BrFIO2Si. The Balaban J connectivity index is 2.57. The average molecular weight is 475 g/mol. The maximum absolute atomic E-state index is 13.9. The van der Waals surface area contributed by atoms with E-state index < -0.39 is 8.32 Å². The first-order valence-corrected chi connectivity index (χ1v) is 11.2. The van der Waals surface area contributed by atoms with Gasteiger partial charge in [0.2, 0.25) is 0 Å². The van der Waals surface area contributed by atoms with E-state index in [9.17, 15) is 4.39 Å². The van der Waals surface area contributed by atoms with E-state index in [4.69, 9.17) is 9.16 Å². The van der Waals surface area contributed by atoms with Crippen LogP contribution < -0.4 is 4.74 Å². The van der Waals surface area contributed by atoms with Crippen molar-refractivity contribution in [3.63, 3.8) is 0 Å². The molecule has 20 heavy (non-hydrogen) atoms. The fourth-order valence-electron chi connectivity index (χ4n) is 1.30. The molecule has 0 aromatic heterocycles. The van der Waals surface area contributed by atoms with Crippen LogP contribution in [0.3, 0.4) is 0 Å². The van der Waals surface area contributed by atoms with Crippen LogP contribution in [0.1, 0.15) is 20.8 Å². The number of hydrogen-bond acceptors (Lipinski definition) is 2. The second kappa shape index (κ2) is 7.06. The Labute approximate surface area is 143 Å². The Hall–Kier alpha value is 0.337. The second-order valence-electron chi connectivity index (χ2n) is 6.13. The van der Waals surface area contributed by atoms with E-state index in [1.165, 1.54) is 0 Å². The van der Waals surface area contributed by atoms with Gasteiger partial charge in [-0.2, -0.15) is 0 Å². The minimum absolute atomic E-state index is 0.168. The van der Waals surface area contributed by atoms with Crippen molar-refractivity contribution in [2.24, 2.45) is 0 Å². The summed E-state index contributed by atoms with van der Waals surface area (Å²) in [4.78, 5) is 0. The van der Waals surface area contributed by atoms with Gasteiger partial charge in [-0.3, -0.25) is 0 Å². The minimum atomic E-state index is -1.77. The third-order valence-corrected chi connectivity index (χ3v) is 9.60. The zero-order chi connectivity index (χ0) is 15.6. The first kappa shape index (κ1) is 18.4. The van der Waals surface area contributed by atoms with Crippen molar-refractivity contribution in [2.45, 2.75) is 38.9 Å². The Morgan fingerprint density at radius 1 is 1.25 bits per heavy atom. The van der Waals surface area contributed by atoms with E-state index in [0.717, 1.165) is 0 Å². The van der Waals surface area contributed by atoms with Crippen LogP contribution in [0.25, 0.3) is 0 Å². The number of hydrogen-bond donors (Lipinski definition) is 0. The van der Waals surface area contributed by atoms with Crippen LogP contribution in [0.2, 0.25) is 18.1 Å². The van der Waals surface area contributed by atoms with Gasteiger partial charge >= 0.3 is 0 Å². The Bertz CT molecular complexity index is 475. The summed E-state index contributed by atoms with van der Waals surface area (Å²) >= 11 is 5.25.